The van der Waals surface area contributed by atoms with Crippen LogP contribution >= 0.6 is 23.1 Å². The predicted octanol–water partition coefficient (Wildman–Crippen LogP) is 5.36. The molecule has 0 aliphatic heterocycles. The molecule has 5 nitrogen and oxygen atoms in total. The number of benzene rings is 2. The molecule has 4 rings (SSSR count). The van der Waals surface area contributed by atoms with Gasteiger partial charge in [-0.2, -0.15) is 0 Å². The van der Waals surface area contributed by atoms with Gasteiger partial charge in [0.2, 0.25) is 5.91 Å². The van der Waals surface area contributed by atoms with Gasteiger partial charge in [-0.25, -0.2) is 4.98 Å². The van der Waals surface area contributed by atoms with E-state index in [1.54, 1.807) is 4.57 Å². The number of aryl methyl sites for hydroxylation is 3. The van der Waals surface area contributed by atoms with E-state index in [9.17, 15) is 9.59 Å². The topological polar surface area (TPSA) is 64.0 Å². The van der Waals surface area contributed by atoms with E-state index in [2.05, 4.69) is 12.2 Å². The fourth-order valence-electron chi connectivity index (χ4n) is 3.52. The summed E-state index contributed by atoms with van der Waals surface area (Å²) in [5.74, 6) is 0.0307. The van der Waals surface area contributed by atoms with Crippen molar-refractivity contribution < 1.29 is 4.79 Å². The van der Waals surface area contributed by atoms with Gasteiger partial charge in [-0.05, 0) is 55.0 Å². The van der Waals surface area contributed by atoms with E-state index in [4.69, 9.17) is 4.98 Å². The number of anilines is 1. The SMILES string of the molecule is CCc1ccccc1NC(=O)CSc1nc2ccsc2c(=O)n1-c1ccc(C)cc1C. The molecule has 0 radical (unpaired) electrons. The Morgan fingerprint density at radius 1 is 1.16 bits per heavy atom. The third kappa shape index (κ3) is 4.43. The highest BCUT2D eigenvalue weighted by atomic mass is 32.2. The lowest BCUT2D eigenvalue weighted by Gasteiger charge is -2.15. The Labute approximate surface area is 189 Å². The van der Waals surface area contributed by atoms with Crippen molar-refractivity contribution in [2.45, 2.75) is 32.3 Å². The summed E-state index contributed by atoms with van der Waals surface area (Å²) in [6.45, 7) is 6.06. The van der Waals surface area contributed by atoms with Crippen LogP contribution in [0.4, 0.5) is 5.69 Å². The highest BCUT2D eigenvalue weighted by Crippen LogP contribution is 2.26. The minimum atomic E-state index is -0.127. The van der Waals surface area contributed by atoms with Gasteiger partial charge in [0.15, 0.2) is 5.16 Å². The van der Waals surface area contributed by atoms with Crippen molar-refractivity contribution in [1.82, 2.24) is 9.55 Å². The Bertz CT molecular complexity index is 1320. The highest BCUT2D eigenvalue weighted by Gasteiger charge is 2.17. The molecule has 0 saturated carbocycles. The lowest BCUT2D eigenvalue weighted by atomic mass is 10.1. The van der Waals surface area contributed by atoms with Gasteiger partial charge >= 0.3 is 0 Å². The third-order valence-electron chi connectivity index (χ3n) is 5.05. The van der Waals surface area contributed by atoms with Crippen LogP contribution in [0.1, 0.15) is 23.6 Å². The molecule has 2 aromatic carbocycles. The third-order valence-corrected chi connectivity index (χ3v) is 6.88. The Morgan fingerprint density at radius 3 is 2.74 bits per heavy atom. The molecule has 0 fully saturated rings. The molecular formula is C24H23N3O2S2. The van der Waals surface area contributed by atoms with E-state index >= 15 is 0 Å². The molecule has 158 valence electrons. The predicted molar refractivity (Wildman–Crippen MR) is 130 cm³/mol. The zero-order valence-electron chi connectivity index (χ0n) is 17.6. The fraction of sp³-hybridized carbons (Fsp3) is 0.208. The van der Waals surface area contributed by atoms with Crippen LogP contribution in [-0.4, -0.2) is 21.2 Å². The van der Waals surface area contributed by atoms with Crippen LogP contribution in [0.25, 0.3) is 15.9 Å². The van der Waals surface area contributed by atoms with Gasteiger partial charge < -0.3 is 5.32 Å². The molecule has 0 unspecified atom stereocenters. The maximum atomic E-state index is 13.3. The van der Waals surface area contributed by atoms with Gasteiger partial charge in [0.1, 0.15) is 4.70 Å². The van der Waals surface area contributed by atoms with E-state index < -0.39 is 0 Å². The molecule has 4 aromatic rings. The lowest BCUT2D eigenvalue weighted by molar-refractivity contribution is -0.113. The second kappa shape index (κ2) is 9.08. The zero-order valence-corrected chi connectivity index (χ0v) is 19.3. The average Bonchev–Trinajstić information content (AvgIpc) is 3.22. The van der Waals surface area contributed by atoms with Crippen molar-refractivity contribution in [2.24, 2.45) is 0 Å². The van der Waals surface area contributed by atoms with Gasteiger partial charge in [0.25, 0.3) is 5.56 Å². The Balaban J connectivity index is 1.67. The number of carbonyl (C=O) groups excluding carboxylic acids is 1. The van der Waals surface area contributed by atoms with Crippen LogP contribution in [0.3, 0.4) is 0 Å². The van der Waals surface area contributed by atoms with Crippen molar-refractivity contribution in [2.75, 3.05) is 11.1 Å². The number of aromatic nitrogens is 2. The summed E-state index contributed by atoms with van der Waals surface area (Å²) in [7, 11) is 0. The number of amides is 1. The van der Waals surface area contributed by atoms with Crippen LogP contribution in [0.5, 0.6) is 0 Å². The summed E-state index contributed by atoms with van der Waals surface area (Å²) in [6.07, 6.45) is 0.840. The first-order valence-corrected chi connectivity index (χ1v) is 11.9. The van der Waals surface area contributed by atoms with Crippen molar-refractivity contribution in [3.05, 3.63) is 81.0 Å². The number of nitrogens with zero attached hydrogens (tertiary/aromatic N) is 2. The smallest absolute Gasteiger partial charge is 0.276 e. The average molecular weight is 450 g/mol. The molecule has 2 heterocycles. The molecule has 2 aromatic heterocycles. The number of hydrogen-bond acceptors (Lipinski definition) is 5. The fourth-order valence-corrected chi connectivity index (χ4v) is 5.09. The second-order valence-corrected chi connectivity index (χ2v) is 9.17. The quantitative estimate of drug-likeness (QED) is 0.318. The van der Waals surface area contributed by atoms with E-state index in [-0.39, 0.29) is 17.2 Å². The lowest BCUT2D eigenvalue weighted by Crippen LogP contribution is -2.23. The van der Waals surface area contributed by atoms with Crippen LogP contribution in [0.2, 0.25) is 0 Å². The van der Waals surface area contributed by atoms with Crippen molar-refractivity contribution in [3.8, 4) is 5.69 Å². The van der Waals surface area contributed by atoms with E-state index in [1.807, 2.05) is 67.8 Å². The molecule has 1 amide bonds. The number of para-hydroxylation sites is 1. The monoisotopic (exact) mass is 449 g/mol. The normalized spacial score (nSPS) is 11.1. The summed E-state index contributed by atoms with van der Waals surface area (Å²) < 4.78 is 2.25. The van der Waals surface area contributed by atoms with Crippen molar-refractivity contribution in [1.29, 1.82) is 0 Å². The number of rotatable bonds is 6. The molecule has 0 saturated heterocycles. The summed E-state index contributed by atoms with van der Waals surface area (Å²) in [5, 5.41) is 5.37. The van der Waals surface area contributed by atoms with Crippen LogP contribution in [0.15, 0.2) is 63.9 Å². The number of hydrogen-bond donors (Lipinski definition) is 1. The van der Waals surface area contributed by atoms with Crippen LogP contribution in [-0.2, 0) is 11.2 Å². The van der Waals surface area contributed by atoms with Gasteiger partial charge in [-0.15, -0.1) is 11.3 Å². The maximum Gasteiger partial charge on any atom is 0.276 e. The molecule has 0 aliphatic carbocycles. The second-order valence-electron chi connectivity index (χ2n) is 7.31. The molecule has 1 N–H and O–H groups in total. The van der Waals surface area contributed by atoms with Gasteiger partial charge in [-0.3, -0.25) is 14.2 Å². The molecule has 31 heavy (non-hydrogen) atoms. The number of nitrogens with one attached hydrogen (secondary N) is 1. The first kappa shape index (κ1) is 21.3. The summed E-state index contributed by atoms with van der Waals surface area (Å²) in [5.41, 5.74) is 5.37. The minimum Gasteiger partial charge on any atom is -0.325 e. The summed E-state index contributed by atoms with van der Waals surface area (Å²) >= 11 is 2.66. The van der Waals surface area contributed by atoms with E-state index in [1.165, 1.54) is 23.1 Å². The zero-order chi connectivity index (χ0) is 22.0. The molecule has 0 atom stereocenters. The van der Waals surface area contributed by atoms with Crippen molar-refractivity contribution in [3.63, 3.8) is 0 Å². The molecule has 0 aliphatic rings. The minimum absolute atomic E-state index is 0.105. The number of fused-ring (bicyclic) bond motifs is 1. The summed E-state index contributed by atoms with van der Waals surface area (Å²) in [4.78, 5) is 30.7. The molecule has 7 heteroatoms. The molecular weight excluding hydrogens is 426 g/mol. The molecule has 0 spiro atoms. The van der Waals surface area contributed by atoms with Gasteiger partial charge in [0, 0.05) is 5.69 Å². The first-order valence-electron chi connectivity index (χ1n) is 10.1. The number of carbonyl (C=O) groups is 1. The standard InChI is InChI=1S/C24H23N3O2S2/c1-4-17-7-5-6-8-18(17)25-21(28)14-31-24-26-19-11-12-30-22(19)23(29)27(24)20-10-9-15(2)13-16(20)3/h5-13H,4,14H2,1-3H3,(H,25,28). The van der Waals surface area contributed by atoms with Crippen molar-refractivity contribution >= 4 is 44.9 Å². The maximum absolute atomic E-state index is 13.3. The number of thiophene rings is 1. The Morgan fingerprint density at radius 2 is 1.97 bits per heavy atom. The van der Waals surface area contributed by atoms with Gasteiger partial charge in [-0.1, -0.05) is 54.6 Å². The Kier molecular flexibility index (Phi) is 6.25. The first-order chi connectivity index (χ1) is 15.0. The highest BCUT2D eigenvalue weighted by molar-refractivity contribution is 7.99. The largest absolute Gasteiger partial charge is 0.325 e. The van der Waals surface area contributed by atoms with Crippen LogP contribution in [0, 0.1) is 13.8 Å². The van der Waals surface area contributed by atoms with E-state index in [0.29, 0.717) is 15.4 Å². The van der Waals surface area contributed by atoms with E-state index in [0.717, 1.165) is 34.5 Å². The number of thioether (sulfide) groups is 1. The summed E-state index contributed by atoms with van der Waals surface area (Å²) in [6, 6.07) is 15.6. The Hall–Kier alpha value is -2.90. The van der Waals surface area contributed by atoms with Crippen LogP contribution < -0.4 is 10.9 Å². The van der Waals surface area contributed by atoms with Gasteiger partial charge in [0.05, 0.1) is 17.0 Å². The molecule has 0 bridgehead atoms.